The number of nitrogens with one attached hydrogen (secondary N) is 2. The Kier molecular flexibility index (Phi) is 8.76. The number of thiophene rings is 1. The summed E-state index contributed by atoms with van der Waals surface area (Å²) in [6.07, 6.45) is 0.122. The van der Waals surface area contributed by atoms with E-state index in [9.17, 15) is 9.59 Å². The third-order valence-electron chi connectivity index (χ3n) is 4.60. The number of primary amides is 1. The number of halogens is 1. The molecule has 1 aromatic carbocycles. The van der Waals surface area contributed by atoms with E-state index in [4.69, 9.17) is 17.3 Å². The minimum absolute atomic E-state index is 0.0306. The van der Waals surface area contributed by atoms with E-state index in [1.54, 1.807) is 0 Å². The molecule has 0 aliphatic heterocycles. The number of likely N-dealkylation sites (N-methyl/N-ethyl adjacent to an activating group) is 1. The van der Waals surface area contributed by atoms with Crippen molar-refractivity contribution in [1.82, 2.24) is 15.5 Å². The normalized spacial score (nSPS) is 13.1. The van der Waals surface area contributed by atoms with Gasteiger partial charge in [0.05, 0.1) is 18.5 Å². The highest BCUT2D eigenvalue weighted by atomic mass is 35.5. The van der Waals surface area contributed by atoms with Crippen LogP contribution in [0.15, 0.2) is 41.8 Å². The van der Waals surface area contributed by atoms with E-state index in [-0.39, 0.29) is 18.4 Å². The zero-order valence-corrected chi connectivity index (χ0v) is 17.7. The molecule has 2 atom stereocenters. The van der Waals surface area contributed by atoms with Crippen LogP contribution < -0.4 is 16.4 Å². The quantitative estimate of drug-likeness (QED) is 0.545. The molecule has 0 radical (unpaired) electrons. The fraction of sp³-hybridized carbons (Fsp3) is 0.400. The molecular formula is C20H27ClN4O2S. The standard InChI is InChI=1S/C20H27ClN4O2S/c1-3-25(4-2)17(14-8-5-6-9-15(14)21)13-23-19(26)12-16(24-20(22)27)18-10-7-11-28-18/h5-11,16-17H,3-4,12-13H2,1-2H3,(H,23,26)(H3,22,24,27). The number of rotatable bonds is 10. The topological polar surface area (TPSA) is 87.5 Å². The average molecular weight is 423 g/mol. The summed E-state index contributed by atoms with van der Waals surface area (Å²) >= 11 is 7.88. The second-order valence-electron chi connectivity index (χ2n) is 6.34. The van der Waals surface area contributed by atoms with Crippen molar-refractivity contribution in [2.75, 3.05) is 19.6 Å². The Labute approximate surface area is 175 Å². The number of urea groups is 1. The van der Waals surface area contributed by atoms with Gasteiger partial charge in [-0.3, -0.25) is 9.69 Å². The van der Waals surface area contributed by atoms with Gasteiger partial charge in [0.2, 0.25) is 5.91 Å². The number of carbonyl (C=O) groups excluding carboxylic acids is 2. The summed E-state index contributed by atoms with van der Waals surface area (Å²) in [5.74, 6) is -0.156. The van der Waals surface area contributed by atoms with Crippen LogP contribution in [0.1, 0.15) is 42.8 Å². The van der Waals surface area contributed by atoms with Gasteiger partial charge in [0.25, 0.3) is 0 Å². The van der Waals surface area contributed by atoms with E-state index in [0.717, 1.165) is 23.5 Å². The minimum atomic E-state index is -0.650. The second-order valence-corrected chi connectivity index (χ2v) is 7.73. The van der Waals surface area contributed by atoms with Gasteiger partial charge in [-0.05, 0) is 36.2 Å². The fourth-order valence-electron chi connectivity index (χ4n) is 3.20. The second kappa shape index (κ2) is 11.0. The van der Waals surface area contributed by atoms with Crippen LogP contribution in [0.2, 0.25) is 5.02 Å². The summed E-state index contributed by atoms with van der Waals surface area (Å²) in [6, 6.07) is 10.3. The maximum Gasteiger partial charge on any atom is 0.312 e. The molecule has 2 unspecified atom stereocenters. The molecule has 8 heteroatoms. The van der Waals surface area contributed by atoms with Crippen LogP contribution in [-0.4, -0.2) is 36.5 Å². The van der Waals surface area contributed by atoms with Gasteiger partial charge in [-0.2, -0.15) is 0 Å². The Balaban J connectivity index is 2.08. The van der Waals surface area contributed by atoms with E-state index >= 15 is 0 Å². The summed E-state index contributed by atoms with van der Waals surface area (Å²) in [5, 5.41) is 8.22. The fourth-order valence-corrected chi connectivity index (χ4v) is 4.24. The van der Waals surface area contributed by atoms with Crippen LogP contribution in [0.3, 0.4) is 0 Å². The molecule has 2 rings (SSSR count). The van der Waals surface area contributed by atoms with Gasteiger partial charge in [-0.25, -0.2) is 4.79 Å². The molecule has 1 heterocycles. The highest BCUT2D eigenvalue weighted by Gasteiger charge is 2.23. The van der Waals surface area contributed by atoms with Crippen molar-refractivity contribution < 1.29 is 9.59 Å². The molecule has 4 N–H and O–H groups in total. The SMILES string of the molecule is CCN(CC)C(CNC(=O)CC(NC(N)=O)c1cccs1)c1ccccc1Cl. The van der Waals surface area contributed by atoms with Crippen molar-refractivity contribution in [3.63, 3.8) is 0 Å². The molecule has 3 amide bonds. The lowest BCUT2D eigenvalue weighted by molar-refractivity contribution is -0.121. The molecule has 6 nitrogen and oxygen atoms in total. The van der Waals surface area contributed by atoms with Crippen molar-refractivity contribution >= 4 is 34.9 Å². The molecular weight excluding hydrogens is 396 g/mol. The van der Waals surface area contributed by atoms with E-state index in [1.807, 2.05) is 41.8 Å². The molecule has 0 aliphatic carbocycles. The van der Waals surface area contributed by atoms with Crippen LogP contribution in [0, 0.1) is 0 Å². The Bertz CT molecular complexity index is 765. The first kappa shape index (κ1) is 22.2. The van der Waals surface area contributed by atoms with Crippen LogP contribution >= 0.6 is 22.9 Å². The highest BCUT2D eigenvalue weighted by Crippen LogP contribution is 2.27. The molecule has 28 heavy (non-hydrogen) atoms. The first-order valence-corrected chi connectivity index (χ1v) is 10.6. The number of hydrogen-bond donors (Lipinski definition) is 3. The van der Waals surface area contributed by atoms with Gasteiger partial charge in [0.15, 0.2) is 0 Å². The molecule has 0 spiro atoms. The van der Waals surface area contributed by atoms with Gasteiger partial charge < -0.3 is 16.4 Å². The predicted octanol–water partition coefficient (Wildman–Crippen LogP) is 3.70. The summed E-state index contributed by atoms with van der Waals surface area (Å²) in [6.45, 7) is 6.27. The van der Waals surface area contributed by atoms with Crippen molar-refractivity contribution in [3.8, 4) is 0 Å². The summed E-state index contributed by atoms with van der Waals surface area (Å²) < 4.78 is 0. The molecule has 0 saturated carbocycles. The lowest BCUT2D eigenvalue weighted by Gasteiger charge is -2.31. The van der Waals surface area contributed by atoms with Crippen molar-refractivity contribution in [2.45, 2.75) is 32.4 Å². The molecule has 1 aromatic heterocycles. The van der Waals surface area contributed by atoms with Crippen LogP contribution in [0.5, 0.6) is 0 Å². The maximum absolute atomic E-state index is 12.6. The zero-order chi connectivity index (χ0) is 20.5. The number of amides is 3. The maximum atomic E-state index is 12.6. The number of carbonyl (C=O) groups is 2. The van der Waals surface area contributed by atoms with Crippen molar-refractivity contribution in [1.29, 1.82) is 0 Å². The largest absolute Gasteiger partial charge is 0.354 e. The lowest BCUT2D eigenvalue weighted by atomic mass is 10.0. The van der Waals surface area contributed by atoms with Crippen molar-refractivity contribution in [3.05, 3.63) is 57.2 Å². The minimum Gasteiger partial charge on any atom is -0.354 e. The predicted molar refractivity (Wildman–Crippen MR) is 115 cm³/mol. The number of benzene rings is 1. The first-order chi connectivity index (χ1) is 13.5. The van der Waals surface area contributed by atoms with E-state index in [0.29, 0.717) is 11.6 Å². The Morgan fingerprint density at radius 3 is 2.46 bits per heavy atom. The zero-order valence-electron chi connectivity index (χ0n) is 16.2. The molecule has 0 bridgehead atoms. The van der Waals surface area contributed by atoms with Crippen molar-refractivity contribution in [2.24, 2.45) is 5.73 Å². The average Bonchev–Trinajstić information content (AvgIpc) is 3.20. The molecule has 2 aromatic rings. The third kappa shape index (κ3) is 6.22. The van der Waals surface area contributed by atoms with E-state index in [1.165, 1.54) is 11.3 Å². The van der Waals surface area contributed by atoms with Crippen LogP contribution in [0.4, 0.5) is 4.79 Å². The summed E-state index contributed by atoms with van der Waals surface area (Å²) in [4.78, 5) is 27.0. The third-order valence-corrected chi connectivity index (χ3v) is 5.93. The van der Waals surface area contributed by atoms with Gasteiger partial charge in [-0.15, -0.1) is 11.3 Å². The van der Waals surface area contributed by atoms with E-state index < -0.39 is 12.1 Å². The Morgan fingerprint density at radius 1 is 1.18 bits per heavy atom. The number of hydrogen-bond acceptors (Lipinski definition) is 4. The smallest absolute Gasteiger partial charge is 0.312 e. The summed E-state index contributed by atoms with van der Waals surface area (Å²) in [5.41, 5.74) is 6.25. The first-order valence-electron chi connectivity index (χ1n) is 9.30. The molecule has 0 aliphatic rings. The Morgan fingerprint density at radius 2 is 1.89 bits per heavy atom. The lowest BCUT2D eigenvalue weighted by Crippen LogP contribution is -2.40. The number of nitrogens with zero attached hydrogens (tertiary/aromatic N) is 1. The van der Waals surface area contributed by atoms with Gasteiger partial charge in [-0.1, -0.05) is 49.7 Å². The molecule has 0 fully saturated rings. The van der Waals surface area contributed by atoms with E-state index in [2.05, 4.69) is 29.4 Å². The van der Waals surface area contributed by atoms with Gasteiger partial charge in [0.1, 0.15) is 0 Å². The van der Waals surface area contributed by atoms with Gasteiger partial charge in [0, 0.05) is 16.4 Å². The Hall–Kier alpha value is -2.09. The highest BCUT2D eigenvalue weighted by molar-refractivity contribution is 7.10. The number of nitrogens with two attached hydrogens (primary N) is 1. The van der Waals surface area contributed by atoms with Crippen LogP contribution in [-0.2, 0) is 4.79 Å². The molecule has 0 saturated heterocycles. The monoisotopic (exact) mass is 422 g/mol. The summed E-state index contributed by atoms with van der Waals surface area (Å²) in [7, 11) is 0. The molecule has 152 valence electrons. The van der Waals surface area contributed by atoms with Gasteiger partial charge >= 0.3 is 6.03 Å². The van der Waals surface area contributed by atoms with Crippen LogP contribution in [0.25, 0.3) is 0 Å².